The van der Waals surface area contributed by atoms with Crippen molar-refractivity contribution >= 4 is 37.3 Å². The van der Waals surface area contributed by atoms with Crippen molar-refractivity contribution in [3.8, 4) is 0 Å². The summed E-state index contributed by atoms with van der Waals surface area (Å²) in [6.07, 6.45) is 1.15. The molecule has 0 saturated heterocycles. The second-order valence-corrected chi connectivity index (χ2v) is 7.90. The number of aryl methyl sites for hydroxylation is 1. The lowest BCUT2D eigenvalue weighted by atomic mass is 10.1. The van der Waals surface area contributed by atoms with Crippen LogP contribution >= 0.6 is 15.9 Å². The fourth-order valence-corrected chi connectivity index (χ4v) is 3.26. The monoisotopic (exact) mass is 349 g/mol. The number of nitrogen functional groups attached to an aromatic ring is 1. The standard InChI is InChI=1S/C12H20BrN3O2S/c1-8-5-11(9(13)6-10(8)14)15-7-12(2,3)16-19(4,17)18/h5-6,15-16H,7,14H2,1-4H3. The zero-order valence-electron chi connectivity index (χ0n) is 11.5. The Morgan fingerprint density at radius 1 is 1.37 bits per heavy atom. The number of sulfonamides is 1. The Kier molecular flexibility index (Phi) is 4.86. The number of hydrogen-bond acceptors (Lipinski definition) is 4. The number of rotatable bonds is 5. The molecule has 0 bridgehead atoms. The van der Waals surface area contributed by atoms with E-state index in [-0.39, 0.29) is 0 Å². The summed E-state index contributed by atoms with van der Waals surface area (Å²) in [5, 5.41) is 3.21. The third-order valence-corrected chi connectivity index (χ3v) is 4.12. The van der Waals surface area contributed by atoms with Gasteiger partial charge in [0.15, 0.2) is 0 Å². The van der Waals surface area contributed by atoms with Crippen LogP contribution in [0.1, 0.15) is 19.4 Å². The van der Waals surface area contributed by atoms with E-state index in [1.165, 1.54) is 0 Å². The Labute approximate surface area is 123 Å². The summed E-state index contributed by atoms with van der Waals surface area (Å²) in [6.45, 7) is 6.02. The van der Waals surface area contributed by atoms with Crippen molar-refractivity contribution in [3.63, 3.8) is 0 Å². The third kappa shape index (κ3) is 5.38. The maximum Gasteiger partial charge on any atom is 0.209 e. The van der Waals surface area contributed by atoms with Crippen molar-refractivity contribution in [3.05, 3.63) is 22.2 Å². The summed E-state index contributed by atoms with van der Waals surface area (Å²) in [7, 11) is -3.23. The number of nitrogens with two attached hydrogens (primary N) is 1. The summed E-state index contributed by atoms with van der Waals surface area (Å²) in [6, 6.07) is 3.75. The van der Waals surface area contributed by atoms with E-state index in [4.69, 9.17) is 5.73 Å². The molecule has 0 aliphatic carbocycles. The molecular weight excluding hydrogens is 330 g/mol. The third-order valence-electron chi connectivity index (χ3n) is 2.54. The van der Waals surface area contributed by atoms with Gasteiger partial charge in [-0.25, -0.2) is 13.1 Å². The smallest absolute Gasteiger partial charge is 0.209 e. The lowest BCUT2D eigenvalue weighted by Gasteiger charge is -2.26. The highest BCUT2D eigenvalue weighted by Gasteiger charge is 2.22. The molecule has 0 atom stereocenters. The van der Waals surface area contributed by atoms with Gasteiger partial charge < -0.3 is 11.1 Å². The quantitative estimate of drug-likeness (QED) is 0.710. The second kappa shape index (κ2) is 5.68. The van der Waals surface area contributed by atoms with Crippen LogP contribution in [0.3, 0.4) is 0 Å². The van der Waals surface area contributed by atoms with Crippen LogP contribution < -0.4 is 15.8 Å². The molecule has 0 aliphatic heterocycles. The van der Waals surface area contributed by atoms with Crippen LogP contribution in [0.4, 0.5) is 11.4 Å². The molecule has 0 radical (unpaired) electrons. The summed E-state index contributed by atoms with van der Waals surface area (Å²) in [5.74, 6) is 0. The first-order valence-corrected chi connectivity index (χ1v) is 8.47. The van der Waals surface area contributed by atoms with Gasteiger partial charge in [0, 0.05) is 27.9 Å². The number of halogens is 1. The van der Waals surface area contributed by atoms with Gasteiger partial charge in [0.25, 0.3) is 0 Å². The van der Waals surface area contributed by atoms with Crippen molar-refractivity contribution in [2.45, 2.75) is 26.3 Å². The molecule has 0 spiro atoms. The molecule has 1 aromatic rings. The summed E-state index contributed by atoms with van der Waals surface area (Å²) < 4.78 is 26.0. The van der Waals surface area contributed by atoms with Crippen molar-refractivity contribution in [1.82, 2.24) is 4.72 Å². The highest BCUT2D eigenvalue weighted by molar-refractivity contribution is 9.10. The predicted molar refractivity (Wildman–Crippen MR) is 83.8 cm³/mol. The molecule has 5 nitrogen and oxygen atoms in total. The topological polar surface area (TPSA) is 84.2 Å². The van der Waals surface area contributed by atoms with E-state index in [1.54, 1.807) is 0 Å². The van der Waals surface area contributed by atoms with Crippen LogP contribution in [0, 0.1) is 6.92 Å². The Hall–Kier alpha value is -0.790. The fourth-order valence-electron chi connectivity index (χ4n) is 1.69. The van der Waals surface area contributed by atoms with Crippen LogP contribution in [0.25, 0.3) is 0 Å². The van der Waals surface area contributed by atoms with Gasteiger partial charge in [-0.3, -0.25) is 0 Å². The summed E-state index contributed by atoms with van der Waals surface area (Å²) in [5.41, 5.74) is 7.79. The molecule has 0 fully saturated rings. The molecule has 0 heterocycles. The lowest BCUT2D eigenvalue weighted by Crippen LogP contribution is -2.47. The highest BCUT2D eigenvalue weighted by Crippen LogP contribution is 2.28. The first kappa shape index (κ1) is 16.3. The Balaban J connectivity index is 2.79. The molecule has 0 unspecified atom stereocenters. The van der Waals surface area contributed by atoms with Crippen molar-refractivity contribution in [2.75, 3.05) is 23.9 Å². The van der Waals surface area contributed by atoms with Gasteiger partial charge >= 0.3 is 0 Å². The van der Waals surface area contributed by atoms with E-state index in [0.29, 0.717) is 12.2 Å². The number of hydrogen-bond donors (Lipinski definition) is 3. The molecule has 19 heavy (non-hydrogen) atoms. The zero-order chi connectivity index (χ0) is 14.8. The van der Waals surface area contributed by atoms with Crippen molar-refractivity contribution in [1.29, 1.82) is 0 Å². The van der Waals surface area contributed by atoms with Gasteiger partial charge in [-0.2, -0.15) is 0 Å². The molecule has 7 heteroatoms. The highest BCUT2D eigenvalue weighted by atomic mass is 79.9. The maximum atomic E-state index is 11.3. The van der Waals surface area contributed by atoms with Gasteiger partial charge in [0.05, 0.1) is 6.26 Å². The Morgan fingerprint density at radius 2 is 1.95 bits per heavy atom. The molecule has 108 valence electrons. The minimum Gasteiger partial charge on any atom is -0.398 e. The largest absolute Gasteiger partial charge is 0.398 e. The number of anilines is 2. The number of nitrogens with one attached hydrogen (secondary N) is 2. The number of benzene rings is 1. The lowest BCUT2D eigenvalue weighted by molar-refractivity contribution is 0.476. The van der Waals surface area contributed by atoms with E-state index in [1.807, 2.05) is 32.9 Å². The van der Waals surface area contributed by atoms with Gasteiger partial charge in [-0.05, 0) is 54.4 Å². The Bertz CT molecular complexity index is 571. The van der Waals surface area contributed by atoms with Crippen LogP contribution in [0.15, 0.2) is 16.6 Å². The first-order chi connectivity index (χ1) is 8.50. The van der Waals surface area contributed by atoms with E-state index in [0.717, 1.165) is 22.0 Å². The molecule has 0 aromatic heterocycles. The minimum absolute atomic E-state index is 0.460. The predicted octanol–water partition coefficient (Wildman–Crippen LogP) is 2.08. The van der Waals surface area contributed by atoms with Crippen LogP contribution in [-0.4, -0.2) is 26.8 Å². The normalized spacial score (nSPS) is 12.5. The molecule has 4 N–H and O–H groups in total. The maximum absolute atomic E-state index is 11.3. The van der Waals surface area contributed by atoms with Crippen molar-refractivity contribution in [2.24, 2.45) is 0 Å². The molecule has 0 aliphatic rings. The van der Waals surface area contributed by atoms with E-state index in [2.05, 4.69) is 26.0 Å². The van der Waals surface area contributed by atoms with E-state index in [9.17, 15) is 8.42 Å². The molecular formula is C12H20BrN3O2S. The molecule has 1 aromatic carbocycles. The average molecular weight is 350 g/mol. The molecule has 0 saturated carbocycles. The van der Waals surface area contributed by atoms with Crippen LogP contribution in [0.2, 0.25) is 0 Å². The second-order valence-electron chi connectivity index (χ2n) is 5.30. The summed E-state index contributed by atoms with van der Waals surface area (Å²) in [4.78, 5) is 0. The molecule has 1 rings (SSSR count). The van der Waals surface area contributed by atoms with Crippen LogP contribution in [0.5, 0.6) is 0 Å². The van der Waals surface area contributed by atoms with Gasteiger partial charge in [-0.1, -0.05) is 0 Å². The van der Waals surface area contributed by atoms with Gasteiger partial charge in [0.1, 0.15) is 0 Å². The first-order valence-electron chi connectivity index (χ1n) is 5.79. The zero-order valence-corrected chi connectivity index (χ0v) is 13.9. The fraction of sp³-hybridized carbons (Fsp3) is 0.500. The SMILES string of the molecule is Cc1cc(NCC(C)(C)NS(C)(=O)=O)c(Br)cc1N. The van der Waals surface area contributed by atoms with Gasteiger partial charge in [-0.15, -0.1) is 0 Å². The Morgan fingerprint density at radius 3 is 2.47 bits per heavy atom. The van der Waals surface area contributed by atoms with Crippen molar-refractivity contribution < 1.29 is 8.42 Å². The van der Waals surface area contributed by atoms with E-state index < -0.39 is 15.6 Å². The van der Waals surface area contributed by atoms with Crippen LogP contribution in [-0.2, 0) is 10.0 Å². The van der Waals surface area contributed by atoms with E-state index >= 15 is 0 Å². The average Bonchev–Trinajstić information content (AvgIpc) is 2.18. The summed E-state index contributed by atoms with van der Waals surface area (Å²) >= 11 is 3.43. The minimum atomic E-state index is -3.23. The molecule has 0 amide bonds. The van der Waals surface area contributed by atoms with Gasteiger partial charge in [0.2, 0.25) is 10.0 Å².